The molecular weight excluding hydrogens is 246 g/mol. The second-order valence-corrected chi connectivity index (χ2v) is 7.07. The summed E-state index contributed by atoms with van der Waals surface area (Å²) in [6.45, 7) is 10.6. The summed E-state index contributed by atoms with van der Waals surface area (Å²) in [7, 11) is 0. The van der Waals surface area contributed by atoms with Crippen LogP contribution in [0.4, 0.5) is 0 Å². The molecule has 2 heteroatoms. The van der Waals surface area contributed by atoms with Gasteiger partial charge in [-0.2, -0.15) is 0 Å². The van der Waals surface area contributed by atoms with Crippen molar-refractivity contribution >= 4 is 5.78 Å². The Kier molecular flexibility index (Phi) is 4.33. The average molecular weight is 273 g/mol. The number of nitrogens with one attached hydrogen (secondary N) is 1. The predicted octanol–water partition coefficient (Wildman–Crippen LogP) is 3.95. The lowest BCUT2D eigenvalue weighted by molar-refractivity contribution is 0.0730. The van der Waals surface area contributed by atoms with E-state index in [0.29, 0.717) is 5.78 Å². The summed E-state index contributed by atoms with van der Waals surface area (Å²) in [5.74, 6) is 0.313. The number of carbonyl (C=O) groups is 1. The molecule has 2 rings (SSSR count). The fourth-order valence-electron chi connectivity index (χ4n) is 3.05. The molecule has 0 saturated carbocycles. The Morgan fingerprint density at radius 2 is 1.90 bits per heavy atom. The van der Waals surface area contributed by atoms with Gasteiger partial charge in [-0.15, -0.1) is 0 Å². The third-order valence-corrected chi connectivity index (χ3v) is 4.64. The van der Waals surface area contributed by atoms with Gasteiger partial charge in [0.05, 0.1) is 0 Å². The second-order valence-electron chi connectivity index (χ2n) is 7.07. The molecule has 1 atom stereocenters. The van der Waals surface area contributed by atoms with Gasteiger partial charge in [0.25, 0.3) is 0 Å². The maximum absolute atomic E-state index is 12.9. The molecule has 1 saturated heterocycles. The Bertz CT molecular complexity index is 461. The molecule has 1 N–H and O–H groups in total. The van der Waals surface area contributed by atoms with E-state index in [1.165, 1.54) is 5.56 Å². The van der Waals surface area contributed by atoms with E-state index in [-0.39, 0.29) is 10.8 Å². The maximum atomic E-state index is 12.9. The standard InChI is InChI=1S/C18H27NO/c1-5-18(11-6-12-19-13-18)16(20)14-7-9-15(10-8-14)17(2,3)4/h7-10,19H,5-6,11-13H2,1-4H3. The quantitative estimate of drug-likeness (QED) is 0.845. The Morgan fingerprint density at radius 1 is 1.25 bits per heavy atom. The second kappa shape index (κ2) is 5.69. The summed E-state index contributed by atoms with van der Waals surface area (Å²) in [5.41, 5.74) is 2.09. The molecule has 0 amide bonds. The molecule has 20 heavy (non-hydrogen) atoms. The zero-order valence-corrected chi connectivity index (χ0v) is 13.3. The van der Waals surface area contributed by atoms with Crippen LogP contribution in [-0.2, 0) is 5.41 Å². The summed E-state index contributed by atoms with van der Waals surface area (Å²) >= 11 is 0. The number of rotatable bonds is 3. The molecule has 1 aromatic rings. The van der Waals surface area contributed by atoms with Crippen molar-refractivity contribution in [3.05, 3.63) is 35.4 Å². The third kappa shape index (κ3) is 2.95. The first-order chi connectivity index (χ1) is 9.39. The largest absolute Gasteiger partial charge is 0.316 e. The summed E-state index contributed by atoms with van der Waals surface area (Å²) in [6, 6.07) is 8.23. The number of benzene rings is 1. The first-order valence-corrected chi connectivity index (χ1v) is 7.75. The molecule has 2 nitrogen and oxygen atoms in total. The highest BCUT2D eigenvalue weighted by molar-refractivity contribution is 6.00. The van der Waals surface area contributed by atoms with Crippen molar-refractivity contribution in [3.63, 3.8) is 0 Å². The first-order valence-electron chi connectivity index (χ1n) is 7.75. The maximum Gasteiger partial charge on any atom is 0.170 e. The van der Waals surface area contributed by atoms with Gasteiger partial charge >= 0.3 is 0 Å². The molecule has 1 aliphatic heterocycles. The van der Waals surface area contributed by atoms with Gasteiger partial charge in [-0.05, 0) is 36.8 Å². The van der Waals surface area contributed by atoms with Gasteiger partial charge in [0, 0.05) is 17.5 Å². The number of hydrogen-bond donors (Lipinski definition) is 1. The van der Waals surface area contributed by atoms with Crippen molar-refractivity contribution in [2.45, 2.75) is 52.4 Å². The highest BCUT2D eigenvalue weighted by Crippen LogP contribution is 2.34. The van der Waals surface area contributed by atoms with Crippen molar-refractivity contribution < 1.29 is 4.79 Å². The van der Waals surface area contributed by atoms with Gasteiger partial charge < -0.3 is 5.32 Å². The van der Waals surface area contributed by atoms with Crippen molar-refractivity contribution in [1.82, 2.24) is 5.32 Å². The summed E-state index contributed by atoms with van der Waals surface area (Å²) in [6.07, 6.45) is 3.02. The molecule has 1 fully saturated rings. The van der Waals surface area contributed by atoms with E-state index >= 15 is 0 Å². The van der Waals surface area contributed by atoms with Crippen LogP contribution in [0.3, 0.4) is 0 Å². The summed E-state index contributed by atoms with van der Waals surface area (Å²) in [5, 5.41) is 3.39. The van der Waals surface area contributed by atoms with Crippen LogP contribution >= 0.6 is 0 Å². The molecule has 1 unspecified atom stereocenters. The van der Waals surface area contributed by atoms with Gasteiger partial charge in [0.15, 0.2) is 5.78 Å². The Morgan fingerprint density at radius 3 is 2.35 bits per heavy atom. The van der Waals surface area contributed by atoms with Crippen molar-refractivity contribution in [2.75, 3.05) is 13.1 Å². The van der Waals surface area contributed by atoms with Crippen LogP contribution in [0.2, 0.25) is 0 Å². The lowest BCUT2D eigenvalue weighted by Gasteiger charge is -2.35. The minimum Gasteiger partial charge on any atom is -0.316 e. The fraction of sp³-hybridized carbons (Fsp3) is 0.611. The number of Topliss-reactive ketones (excluding diaryl/α,β-unsaturated/α-hetero) is 1. The highest BCUT2D eigenvalue weighted by Gasteiger charge is 2.38. The van der Waals surface area contributed by atoms with Crippen LogP contribution in [-0.4, -0.2) is 18.9 Å². The lowest BCUT2D eigenvalue weighted by Crippen LogP contribution is -2.45. The SMILES string of the molecule is CCC1(C(=O)c2ccc(C(C)(C)C)cc2)CCCNC1. The Balaban J connectivity index is 2.24. The fourth-order valence-corrected chi connectivity index (χ4v) is 3.05. The zero-order chi connectivity index (χ0) is 14.8. The van der Waals surface area contributed by atoms with Crippen LogP contribution in [0.1, 0.15) is 62.9 Å². The van der Waals surface area contributed by atoms with E-state index in [1.54, 1.807) is 0 Å². The van der Waals surface area contributed by atoms with Crippen LogP contribution in [0.15, 0.2) is 24.3 Å². The molecule has 1 heterocycles. The smallest absolute Gasteiger partial charge is 0.170 e. The molecule has 0 bridgehead atoms. The van der Waals surface area contributed by atoms with Gasteiger partial charge in [0.1, 0.15) is 0 Å². The number of piperidine rings is 1. The lowest BCUT2D eigenvalue weighted by atomic mass is 9.72. The van der Waals surface area contributed by atoms with Crippen LogP contribution in [0.5, 0.6) is 0 Å². The Labute approximate surface area is 123 Å². The molecule has 1 aliphatic rings. The molecule has 110 valence electrons. The minimum absolute atomic E-state index is 0.135. The summed E-state index contributed by atoms with van der Waals surface area (Å²) < 4.78 is 0. The predicted molar refractivity (Wildman–Crippen MR) is 84.3 cm³/mol. The monoisotopic (exact) mass is 273 g/mol. The van der Waals surface area contributed by atoms with Gasteiger partial charge in [0.2, 0.25) is 0 Å². The van der Waals surface area contributed by atoms with E-state index in [0.717, 1.165) is 37.9 Å². The van der Waals surface area contributed by atoms with E-state index in [4.69, 9.17) is 0 Å². The first kappa shape index (κ1) is 15.2. The molecule has 0 aliphatic carbocycles. The average Bonchev–Trinajstić information content (AvgIpc) is 2.46. The number of carbonyl (C=O) groups excluding carboxylic acids is 1. The molecule has 0 spiro atoms. The van der Waals surface area contributed by atoms with Crippen molar-refractivity contribution in [3.8, 4) is 0 Å². The van der Waals surface area contributed by atoms with Crippen LogP contribution in [0, 0.1) is 5.41 Å². The number of ketones is 1. The van der Waals surface area contributed by atoms with E-state index in [1.807, 2.05) is 12.1 Å². The van der Waals surface area contributed by atoms with Crippen LogP contribution < -0.4 is 5.32 Å². The summed E-state index contributed by atoms with van der Waals surface area (Å²) in [4.78, 5) is 12.9. The number of hydrogen-bond acceptors (Lipinski definition) is 2. The topological polar surface area (TPSA) is 29.1 Å². The zero-order valence-electron chi connectivity index (χ0n) is 13.3. The normalized spacial score (nSPS) is 23.6. The third-order valence-electron chi connectivity index (χ3n) is 4.64. The van der Waals surface area contributed by atoms with Crippen molar-refractivity contribution in [2.24, 2.45) is 5.41 Å². The Hall–Kier alpha value is -1.15. The van der Waals surface area contributed by atoms with E-state index in [9.17, 15) is 4.79 Å². The molecule has 1 aromatic carbocycles. The van der Waals surface area contributed by atoms with Gasteiger partial charge in [-0.1, -0.05) is 52.0 Å². The molecule has 0 aromatic heterocycles. The minimum atomic E-state index is -0.193. The van der Waals surface area contributed by atoms with Crippen LogP contribution in [0.25, 0.3) is 0 Å². The molecular formula is C18H27NO. The van der Waals surface area contributed by atoms with E-state index in [2.05, 4.69) is 45.1 Å². The van der Waals surface area contributed by atoms with Crippen molar-refractivity contribution in [1.29, 1.82) is 0 Å². The molecule has 0 radical (unpaired) electrons. The van der Waals surface area contributed by atoms with Gasteiger partial charge in [-0.3, -0.25) is 4.79 Å². The van der Waals surface area contributed by atoms with E-state index < -0.39 is 0 Å². The highest BCUT2D eigenvalue weighted by atomic mass is 16.1. The van der Waals surface area contributed by atoms with Gasteiger partial charge in [-0.25, -0.2) is 0 Å².